The maximum atomic E-state index is 6.27. The van der Waals surface area contributed by atoms with Gasteiger partial charge in [-0.25, -0.2) is 0 Å². The summed E-state index contributed by atoms with van der Waals surface area (Å²) in [5, 5.41) is 9.73. The Bertz CT molecular complexity index is 389. The number of hydrogen-bond acceptors (Lipinski definition) is 4. The standard InChI is InChI=1S/C12H20N4/c1-14-8-4-5-9(15-2)11-7(8)6-10(16-3)12(11)13/h4-5,10,12,14-16H,6,13H2,1-3H3. The molecule has 1 aliphatic carbocycles. The predicted molar refractivity (Wildman–Crippen MR) is 69.0 cm³/mol. The number of anilines is 2. The number of fused-ring (bicyclic) bond motifs is 1. The van der Waals surface area contributed by atoms with Crippen molar-refractivity contribution in [2.75, 3.05) is 31.8 Å². The van der Waals surface area contributed by atoms with E-state index in [0.717, 1.165) is 12.1 Å². The first-order valence-corrected chi connectivity index (χ1v) is 5.67. The molecular formula is C12H20N4. The van der Waals surface area contributed by atoms with Gasteiger partial charge in [0.05, 0.1) is 0 Å². The molecular weight excluding hydrogens is 200 g/mol. The fraction of sp³-hybridized carbons (Fsp3) is 0.500. The van der Waals surface area contributed by atoms with Gasteiger partial charge in [0.1, 0.15) is 0 Å². The normalized spacial score (nSPS) is 23.0. The van der Waals surface area contributed by atoms with Crippen LogP contribution >= 0.6 is 0 Å². The molecule has 0 spiro atoms. The van der Waals surface area contributed by atoms with Crippen molar-refractivity contribution in [3.05, 3.63) is 23.3 Å². The molecule has 0 saturated carbocycles. The molecule has 5 N–H and O–H groups in total. The highest BCUT2D eigenvalue weighted by atomic mass is 15.0. The summed E-state index contributed by atoms with van der Waals surface area (Å²) in [6.45, 7) is 0. The van der Waals surface area contributed by atoms with Gasteiger partial charge in [0, 0.05) is 37.6 Å². The maximum Gasteiger partial charge on any atom is 0.0478 e. The van der Waals surface area contributed by atoms with Gasteiger partial charge in [-0.1, -0.05) is 0 Å². The first-order chi connectivity index (χ1) is 7.72. The molecule has 16 heavy (non-hydrogen) atoms. The average molecular weight is 220 g/mol. The Balaban J connectivity index is 2.51. The van der Waals surface area contributed by atoms with Crippen LogP contribution in [0.2, 0.25) is 0 Å². The van der Waals surface area contributed by atoms with Gasteiger partial charge in [-0.15, -0.1) is 0 Å². The third-order valence-electron chi connectivity index (χ3n) is 3.46. The number of nitrogens with one attached hydrogen (secondary N) is 3. The van der Waals surface area contributed by atoms with Crippen LogP contribution in [0.4, 0.5) is 11.4 Å². The van der Waals surface area contributed by atoms with Crippen LogP contribution in [-0.4, -0.2) is 27.2 Å². The van der Waals surface area contributed by atoms with E-state index in [-0.39, 0.29) is 6.04 Å². The van der Waals surface area contributed by atoms with Gasteiger partial charge < -0.3 is 21.7 Å². The molecule has 1 aliphatic rings. The molecule has 4 nitrogen and oxygen atoms in total. The van der Waals surface area contributed by atoms with Gasteiger partial charge in [0.15, 0.2) is 0 Å². The molecule has 2 unspecified atom stereocenters. The second-order valence-electron chi connectivity index (χ2n) is 4.18. The van der Waals surface area contributed by atoms with Crippen LogP contribution in [-0.2, 0) is 6.42 Å². The van der Waals surface area contributed by atoms with E-state index >= 15 is 0 Å². The Morgan fingerprint density at radius 3 is 2.31 bits per heavy atom. The Labute approximate surface area is 96.6 Å². The number of hydrogen-bond donors (Lipinski definition) is 4. The van der Waals surface area contributed by atoms with Crippen LogP contribution in [0, 0.1) is 0 Å². The lowest BCUT2D eigenvalue weighted by Crippen LogP contribution is -2.34. The lowest BCUT2D eigenvalue weighted by molar-refractivity contribution is 0.506. The van der Waals surface area contributed by atoms with Crippen molar-refractivity contribution in [3.8, 4) is 0 Å². The summed E-state index contributed by atoms with van der Waals surface area (Å²) in [6.07, 6.45) is 0.985. The molecule has 0 fully saturated rings. The minimum atomic E-state index is 0.0655. The highest BCUT2D eigenvalue weighted by molar-refractivity contribution is 5.68. The first kappa shape index (κ1) is 11.2. The quantitative estimate of drug-likeness (QED) is 0.611. The summed E-state index contributed by atoms with van der Waals surface area (Å²) >= 11 is 0. The Morgan fingerprint density at radius 2 is 1.75 bits per heavy atom. The summed E-state index contributed by atoms with van der Waals surface area (Å²) in [5.74, 6) is 0. The molecule has 0 heterocycles. The van der Waals surface area contributed by atoms with Crippen molar-refractivity contribution in [1.82, 2.24) is 5.32 Å². The third-order valence-corrected chi connectivity index (χ3v) is 3.46. The summed E-state index contributed by atoms with van der Waals surface area (Å²) in [4.78, 5) is 0. The van der Waals surface area contributed by atoms with Gasteiger partial charge >= 0.3 is 0 Å². The molecule has 1 aromatic rings. The monoisotopic (exact) mass is 220 g/mol. The SMILES string of the molecule is CNc1ccc(NC)c2c1CC(NC)C2N. The van der Waals surface area contributed by atoms with Crippen molar-refractivity contribution in [2.45, 2.75) is 18.5 Å². The average Bonchev–Trinajstić information content (AvgIpc) is 2.66. The fourth-order valence-electron chi connectivity index (χ4n) is 2.55. The molecule has 0 radical (unpaired) electrons. The lowest BCUT2D eigenvalue weighted by atomic mass is 10.0. The van der Waals surface area contributed by atoms with Crippen LogP contribution in [0.3, 0.4) is 0 Å². The number of nitrogens with two attached hydrogens (primary N) is 1. The zero-order valence-electron chi connectivity index (χ0n) is 10.1. The van der Waals surface area contributed by atoms with Crippen LogP contribution in [0.5, 0.6) is 0 Å². The van der Waals surface area contributed by atoms with Gasteiger partial charge in [-0.05, 0) is 36.7 Å². The first-order valence-electron chi connectivity index (χ1n) is 5.67. The van der Waals surface area contributed by atoms with Crippen LogP contribution < -0.4 is 21.7 Å². The highest BCUT2D eigenvalue weighted by Gasteiger charge is 2.32. The second kappa shape index (κ2) is 4.31. The molecule has 2 atom stereocenters. The zero-order valence-corrected chi connectivity index (χ0v) is 10.1. The minimum Gasteiger partial charge on any atom is -0.388 e. The van der Waals surface area contributed by atoms with Crippen molar-refractivity contribution in [1.29, 1.82) is 0 Å². The van der Waals surface area contributed by atoms with E-state index in [9.17, 15) is 0 Å². The maximum absolute atomic E-state index is 6.27. The van der Waals surface area contributed by atoms with E-state index in [0.29, 0.717) is 6.04 Å². The molecule has 88 valence electrons. The van der Waals surface area contributed by atoms with E-state index in [2.05, 4.69) is 28.1 Å². The Kier molecular flexibility index (Phi) is 3.03. The largest absolute Gasteiger partial charge is 0.388 e. The number of benzene rings is 1. The zero-order chi connectivity index (χ0) is 11.7. The minimum absolute atomic E-state index is 0.0655. The van der Waals surface area contributed by atoms with E-state index < -0.39 is 0 Å². The van der Waals surface area contributed by atoms with Crippen molar-refractivity contribution < 1.29 is 0 Å². The number of rotatable bonds is 3. The van der Waals surface area contributed by atoms with Gasteiger partial charge in [-0.2, -0.15) is 0 Å². The van der Waals surface area contributed by atoms with Crippen LogP contribution in [0.25, 0.3) is 0 Å². The third kappa shape index (κ3) is 1.54. The van der Waals surface area contributed by atoms with E-state index in [1.165, 1.54) is 16.8 Å². The summed E-state index contributed by atoms with van der Waals surface area (Å²) in [5.41, 5.74) is 11.2. The van der Waals surface area contributed by atoms with E-state index in [1.54, 1.807) is 0 Å². The van der Waals surface area contributed by atoms with E-state index in [1.807, 2.05) is 21.1 Å². The lowest BCUT2D eigenvalue weighted by Gasteiger charge is -2.17. The van der Waals surface area contributed by atoms with Crippen molar-refractivity contribution in [2.24, 2.45) is 5.73 Å². The highest BCUT2D eigenvalue weighted by Crippen LogP contribution is 2.39. The fourth-order valence-corrected chi connectivity index (χ4v) is 2.55. The van der Waals surface area contributed by atoms with E-state index in [4.69, 9.17) is 5.73 Å². The molecule has 0 bridgehead atoms. The Morgan fingerprint density at radius 1 is 1.12 bits per heavy atom. The van der Waals surface area contributed by atoms with Crippen molar-refractivity contribution in [3.63, 3.8) is 0 Å². The summed E-state index contributed by atoms with van der Waals surface area (Å²) < 4.78 is 0. The summed E-state index contributed by atoms with van der Waals surface area (Å²) in [7, 11) is 5.86. The number of likely N-dealkylation sites (N-methyl/N-ethyl adjacent to an activating group) is 1. The predicted octanol–water partition coefficient (Wildman–Crippen LogP) is 0.914. The molecule has 0 aromatic heterocycles. The van der Waals surface area contributed by atoms with Crippen LogP contribution in [0.15, 0.2) is 12.1 Å². The molecule has 0 amide bonds. The van der Waals surface area contributed by atoms with Crippen LogP contribution in [0.1, 0.15) is 17.2 Å². The second-order valence-corrected chi connectivity index (χ2v) is 4.18. The summed E-state index contributed by atoms with van der Waals surface area (Å²) in [6, 6.07) is 4.59. The molecule has 0 saturated heterocycles. The molecule has 0 aliphatic heterocycles. The van der Waals surface area contributed by atoms with Gasteiger partial charge in [-0.3, -0.25) is 0 Å². The Hall–Kier alpha value is -1.26. The van der Waals surface area contributed by atoms with Crippen molar-refractivity contribution >= 4 is 11.4 Å². The topological polar surface area (TPSA) is 62.1 Å². The molecule has 2 rings (SSSR count). The smallest absolute Gasteiger partial charge is 0.0478 e. The van der Waals surface area contributed by atoms with Gasteiger partial charge in [0.2, 0.25) is 0 Å². The molecule has 1 aromatic carbocycles. The van der Waals surface area contributed by atoms with Gasteiger partial charge in [0.25, 0.3) is 0 Å². The molecule has 4 heteroatoms.